The van der Waals surface area contributed by atoms with Crippen molar-refractivity contribution >= 4 is 16.8 Å². The number of amides is 1. The van der Waals surface area contributed by atoms with Crippen molar-refractivity contribution in [3.8, 4) is 11.3 Å². The molecule has 2 N–H and O–H groups in total. The molecule has 0 saturated heterocycles. The molecule has 1 aromatic heterocycles. The zero-order valence-corrected chi connectivity index (χ0v) is 10.2. The molecule has 0 spiro atoms. The first-order chi connectivity index (χ1) is 9.24. The lowest BCUT2D eigenvalue weighted by Gasteiger charge is -2.04. The molecule has 3 nitrogen and oxygen atoms in total. The minimum absolute atomic E-state index is 0.428. The first kappa shape index (κ1) is 11.4. The largest absolute Gasteiger partial charge is 0.366 e. The Bertz CT molecular complexity index is 765. The third-order valence-corrected chi connectivity index (χ3v) is 3.04. The van der Waals surface area contributed by atoms with Crippen LogP contribution in [0.3, 0.4) is 0 Å². The third kappa shape index (κ3) is 2.18. The Labute approximate surface area is 110 Å². The van der Waals surface area contributed by atoms with Crippen LogP contribution in [0.15, 0.2) is 60.7 Å². The van der Waals surface area contributed by atoms with Crippen molar-refractivity contribution in [3.05, 3.63) is 66.2 Å². The molecule has 1 amide bonds. The molecule has 0 aliphatic carbocycles. The van der Waals surface area contributed by atoms with Crippen LogP contribution >= 0.6 is 0 Å². The maximum Gasteiger partial charge on any atom is 0.248 e. The van der Waals surface area contributed by atoms with Crippen LogP contribution in [0.5, 0.6) is 0 Å². The van der Waals surface area contributed by atoms with Gasteiger partial charge in [0.2, 0.25) is 5.91 Å². The van der Waals surface area contributed by atoms with Gasteiger partial charge in [0.05, 0.1) is 11.2 Å². The van der Waals surface area contributed by atoms with Crippen LogP contribution in [0.2, 0.25) is 0 Å². The van der Waals surface area contributed by atoms with Gasteiger partial charge in [-0.15, -0.1) is 0 Å². The van der Waals surface area contributed by atoms with Crippen molar-refractivity contribution in [2.24, 2.45) is 5.73 Å². The molecule has 0 saturated carbocycles. The Morgan fingerprint density at radius 1 is 0.947 bits per heavy atom. The van der Waals surface area contributed by atoms with Crippen LogP contribution < -0.4 is 5.73 Å². The molecule has 0 bridgehead atoms. The highest BCUT2D eigenvalue weighted by atomic mass is 16.1. The topological polar surface area (TPSA) is 56.0 Å². The second-order valence-corrected chi connectivity index (χ2v) is 4.33. The van der Waals surface area contributed by atoms with Crippen LogP contribution in [0, 0.1) is 0 Å². The fraction of sp³-hybridized carbons (Fsp3) is 0. The quantitative estimate of drug-likeness (QED) is 0.758. The molecule has 92 valence electrons. The Morgan fingerprint density at radius 2 is 1.79 bits per heavy atom. The number of aromatic nitrogens is 1. The average Bonchev–Trinajstić information content (AvgIpc) is 2.47. The first-order valence-corrected chi connectivity index (χ1v) is 6.00. The molecule has 0 radical (unpaired) electrons. The predicted octanol–water partition coefficient (Wildman–Crippen LogP) is 3.00. The van der Waals surface area contributed by atoms with Crippen molar-refractivity contribution in [3.63, 3.8) is 0 Å². The number of rotatable bonds is 2. The SMILES string of the molecule is NC(=O)c1cccc(-c2ccc3ccccc3n2)c1. The molecule has 19 heavy (non-hydrogen) atoms. The van der Waals surface area contributed by atoms with Gasteiger partial charge < -0.3 is 5.73 Å². The molecule has 3 aromatic rings. The van der Waals surface area contributed by atoms with E-state index in [2.05, 4.69) is 4.98 Å². The lowest BCUT2D eigenvalue weighted by Crippen LogP contribution is -2.10. The molecule has 3 heteroatoms. The third-order valence-electron chi connectivity index (χ3n) is 3.04. The van der Waals surface area contributed by atoms with E-state index < -0.39 is 5.91 Å². The number of carbonyl (C=O) groups excluding carboxylic acids is 1. The lowest BCUT2D eigenvalue weighted by atomic mass is 10.1. The monoisotopic (exact) mass is 248 g/mol. The van der Waals surface area contributed by atoms with E-state index in [4.69, 9.17) is 5.73 Å². The second kappa shape index (κ2) is 4.53. The number of hydrogen-bond acceptors (Lipinski definition) is 2. The minimum Gasteiger partial charge on any atom is -0.366 e. The van der Waals surface area contributed by atoms with Crippen molar-refractivity contribution < 1.29 is 4.79 Å². The van der Waals surface area contributed by atoms with Gasteiger partial charge in [-0.1, -0.05) is 36.4 Å². The van der Waals surface area contributed by atoms with Crippen LogP contribution in [-0.2, 0) is 0 Å². The van der Waals surface area contributed by atoms with Gasteiger partial charge in [0.1, 0.15) is 0 Å². The van der Waals surface area contributed by atoms with Crippen molar-refractivity contribution in [1.82, 2.24) is 4.98 Å². The minimum atomic E-state index is -0.428. The number of benzene rings is 2. The van der Waals surface area contributed by atoms with E-state index in [-0.39, 0.29) is 0 Å². The number of pyridine rings is 1. The average molecular weight is 248 g/mol. The standard InChI is InChI=1S/C16H12N2O/c17-16(19)13-6-3-5-12(10-13)15-9-8-11-4-1-2-7-14(11)18-15/h1-10H,(H2,17,19). The van der Waals surface area contributed by atoms with Crippen LogP contribution in [-0.4, -0.2) is 10.9 Å². The van der Waals surface area contributed by atoms with Crippen LogP contribution in [0.4, 0.5) is 0 Å². The highest BCUT2D eigenvalue weighted by Gasteiger charge is 2.05. The molecule has 1 heterocycles. The summed E-state index contributed by atoms with van der Waals surface area (Å²) >= 11 is 0. The van der Waals surface area contributed by atoms with Gasteiger partial charge in [0, 0.05) is 16.5 Å². The van der Waals surface area contributed by atoms with E-state index in [1.807, 2.05) is 48.5 Å². The summed E-state index contributed by atoms with van der Waals surface area (Å²) in [6, 6.07) is 19.1. The Hall–Kier alpha value is -2.68. The molecule has 2 aromatic carbocycles. The van der Waals surface area contributed by atoms with Crippen molar-refractivity contribution in [1.29, 1.82) is 0 Å². The van der Waals surface area contributed by atoms with Crippen LogP contribution in [0.25, 0.3) is 22.2 Å². The summed E-state index contributed by atoms with van der Waals surface area (Å²) in [5.41, 5.74) is 8.45. The van der Waals surface area contributed by atoms with Gasteiger partial charge in [0.15, 0.2) is 0 Å². The number of nitrogens with two attached hydrogens (primary N) is 1. The van der Waals surface area contributed by atoms with E-state index in [1.165, 1.54) is 0 Å². The summed E-state index contributed by atoms with van der Waals surface area (Å²) in [5.74, 6) is -0.428. The van der Waals surface area contributed by atoms with E-state index >= 15 is 0 Å². The number of nitrogens with zero attached hydrogens (tertiary/aromatic N) is 1. The number of carbonyl (C=O) groups is 1. The summed E-state index contributed by atoms with van der Waals surface area (Å²) in [6.45, 7) is 0. The fourth-order valence-corrected chi connectivity index (χ4v) is 2.06. The summed E-state index contributed by atoms with van der Waals surface area (Å²) in [4.78, 5) is 15.8. The molecule has 3 rings (SSSR count). The normalized spacial score (nSPS) is 10.5. The highest BCUT2D eigenvalue weighted by Crippen LogP contribution is 2.21. The van der Waals surface area contributed by atoms with E-state index in [0.29, 0.717) is 5.56 Å². The van der Waals surface area contributed by atoms with Gasteiger partial charge in [-0.05, 0) is 24.3 Å². The van der Waals surface area contributed by atoms with Crippen molar-refractivity contribution in [2.75, 3.05) is 0 Å². The second-order valence-electron chi connectivity index (χ2n) is 4.33. The Kier molecular flexibility index (Phi) is 2.72. The molecule has 0 aliphatic heterocycles. The maximum atomic E-state index is 11.2. The van der Waals surface area contributed by atoms with Crippen molar-refractivity contribution in [2.45, 2.75) is 0 Å². The van der Waals surface area contributed by atoms with E-state index in [0.717, 1.165) is 22.2 Å². The van der Waals surface area contributed by atoms with Gasteiger partial charge >= 0.3 is 0 Å². The summed E-state index contributed by atoms with van der Waals surface area (Å²) in [5, 5.41) is 1.09. The highest BCUT2D eigenvalue weighted by molar-refractivity contribution is 5.94. The van der Waals surface area contributed by atoms with Gasteiger partial charge in [-0.2, -0.15) is 0 Å². The number of fused-ring (bicyclic) bond motifs is 1. The zero-order chi connectivity index (χ0) is 13.2. The lowest BCUT2D eigenvalue weighted by molar-refractivity contribution is 0.100. The summed E-state index contributed by atoms with van der Waals surface area (Å²) in [7, 11) is 0. The zero-order valence-electron chi connectivity index (χ0n) is 10.2. The molecule has 0 atom stereocenters. The van der Waals surface area contributed by atoms with Gasteiger partial charge in [-0.3, -0.25) is 4.79 Å². The number of hydrogen-bond donors (Lipinski definition) is 1. The predicted molar refractivity (Wildman–Crippen MR) is 75.7 cm³/mol. The van der Waals surface area contributed by atoms with Gasteiger partial charge in [-0.25, -0.2) is 4.98 Å². The molecular weight excluding hydrogens is 236 g/mol. The summed E-state index contributed by atoms with van der Waals surface area (Å²) in [6.07, 6.45) is 0. The molecule has 0 fully saturated rings. The first-order valence-electron chi connectivity index (χ1n) is 6.00. The molecule has 0 unspecified atom stereocenters. The maximum absolute atomic E-state index is 11.2. The van der Waals surface area contributed by atoms with E-state index in [9.17, 15) is 4.79 Å². The molecular formula is C16H12N2O. The van der Waals surface area contributed by atoms with Crippen LogP contribution in [0.1, 0.15) is 10.4 Å². The molecule has 0 aliphatic rings. The smallest absolute Gasteiger partial charge is 0.248 e. The fourth-order valence-electron chi connectivity index (χ4n) is 2.06. The summed E-state index contributed by atoms with van der Waals surface area (Å²) < 4.78 is 0. The van der Waals surface area contributed by atoms with Gasteiger partial charge in [0.25, 0.3) is 0 Å². The number of primary amides is 1. The Morgan fingerprint density at radius 3 is 2.63 bits per heavy atom. The Balaban J connectivity index is 2.13. The number of para-hydroxylation sites is 1. The van der Waals surface area contributed by atoms with E-state index in [1.54, 1.807) is 12.1 Å².